The minimum Gasteiger partial charge on any atom is -0.396 e. The molecule has 0 heterocycles. The summed E-state index contributed by atoms with van der Waals surface area (Å²) in [6.07, 6.45) is 0.559. The molecule has 2 amide bonds. The van der Waals surface area contributed by atoms with Crippen molar-refractivity contribution in [1.29, 1.82) is 0 Å². The zero-order valence-corrected chi connectivity index (χ0v) is 12.5. The molecule has 112 valence electrons. The molecule has 0 radical (unpaired) electrons. The Morgan fingerprint density at radius 2 is 1.95 bits per heavy atom. The number of amides is 2. The summed E-state index contributed by atoms with van der Waals surface area (Å²) in [5, 5.41) is 14.5. The highest BCUT2D eigenvalue weighted by Gasteiger charge is 2.15. The zero-order chi connectivity index (χ0) is 15.0. The summed E-state index contributed by atoms with van der Waals surface area (Å²) in [4.78, 5) is 13.8. The van der Waals surface area contributed by atoms with Gasteiger partial charge in [-0.25, -0.2) is 4.79 Å². The molecule has 0 aliphatic heterocycles. The summed E-state index contributed by atoms with van der Waals surface area (Å²) in [5.41, 5.74) is 1.17. The number of carbonyl (C=O) groups excluding carboxylic acids is 1. The lowest BCUT2D eigenvalue weighted by molar-refractivity contribution is 0.224. The lowest BCUT2D eigenvalue weighted by atomic mass is 10.1. The predicted molar refractivity (Wildman–Crippen MR) is 80.6 cm³/mol. The van der Waals surface area contributed by atoms with Gasteiger partial charge in [-0.05, 0) is 33.0 Å². The highest BCUT2D eigenvalue weighted by atomic mass is 16.3. The molecule has 0 bridgehead atoms. The lowest BCUT2D eigenvalue weighted by Crippen LogP contribution is -2.44. The van der Waals surface area contributed by atoms with Gasteiger partial charge in [0.15, 0.2) is 0 Å². The van der Waals surface area contributed by atoms with Gasteiger partial charge in [0.25, 0.3) is 0 Å². The molecule has 1 unspecified atom stereocenters. The average Bonchev–Trinajstić information content (AvgIpc) is 2.40. The van der Waals surface area contributed by atoms with E-state index in [1.54, 1.807) is 0 Å². The smallest absolute Gasteiger partial charge is 0.315 e. The topological polar surface area (TPSA) is 64.6 Å². The van der Waals surface area contributed by atoms with Crippen LogP contribution in [0.1, 0.15) is 24.9 Å². The first-order chi connectivity index (χ1) is 9.54. The maximum Gasteiger partial charge on any atom is 0.315 e. The van der Waals surface area contributed by atoms with E-state index in [1.807, 2.05) is 39.2 Å². The number of carbonyl (C=O) groups is 1. The molecule has 1 rings (SSSR count). The van der Waals surface area contributed by atoms with Crippen LogP contribution >= 0.6 is 0 Å². The second-order valence-corrected chi connectivity index (χ2v) is 5.16. The highest BCUT2D eigenvalue weighted by Crippen LogP contribution is 2.16. The standard InChI is InChI=1S/C15H25N3O2/c1-12(9-10-19)17-15(20)16-11-14(18(2)3)13-7-5-4-6-8-13/h4-8,12,14,19H,9-11H2,1-3H3,(H2,16,17,20)/t12-,14?/m1/s1. The van der Waals surface area contributed by atoms with Crippen molar-refractivity contribution in [3.8, 4) is 0 Å². The number of rotatable bonds is 7. The molecule has 3 N–H and O–H groups in total. The summed E-state index contributed by atoms with van der Waals surface area (Å²) >= 11 is 0. The average molecular weight is 279 g/mol. The van der Waals surface area contributed by atoms with Crippen molar-refractivity contribution >= 4 is 6.03 Å². The van der Waals surface area contributed by atoms with Crippen LogP contribution in [0.2, 0.25) is 0 Å². The Morgan fingerprint density at radius 1 is 1.30 bits per heavy atom. The van der Waals surface area contributed by atoms with Gasteiger partial charge < -0.3 is 20.6 Å². The van der Waals surface area contributed by atoms with Gasteiger partial charge in [0.05, 0.1) is 6.04 Å². The summed E-state index contributed by atoms with van der Waals surface area (Å²) < 4.78 is 0. The SMILES string of the molecule is C[C@H](CCO)NC(=O)NCC(c1ccccc1)N(C)C. The van der Waals surface area contributed by atoms with Crippen LogP contribution in [0, 0.1) is 0 Å². The Morgan fingerprint density at radius 3 is 2.50 bits per heavy atom. The first-order valence-corrected chi connectivity index (χ1v) is 6.91. The summed E-state index contributed by atoms with van der Waals surface area (Å²) in [6.45, 7) is 2.48. The third-order valence-electron chi connectivity index (χ3n) is 3.20. The fraction of sp³-hybridized carbons (Fsp3) is 0.533. The molecule has 5 heteroatoms. The third-order valence-corrected chi connectivity index (χ3v) is 3.20. The van der Waals surface area contributed by atoms with E-state index in [-0.39, 0.29) is 24.7 Å². The van der Waals surface area contributed by atoms with Crippen molar-refractivity contribution in [2.45, 2.75) is 25.4 Å². The monoisotopic (exact) mass is 279 g/mol. The molecule has 0 saturated carbocycles. The minimum absolute atomic E-state index is 0.0328. The van der Waals surface area contributed by atoms with Crippen molar-refractivity contribution in [1.82, 2.24) is 15.5 Å². The number of aliphatic hydroxyl groups is 1. The van der Waals surface area contributed by atoms with Crippen LogP contribution in [-0.4, -0.2) is 49.3 Å². The second kappa shape index (κ2) is 8.55. The lowest BCUT2D eigenvalue weighted by Gasteiger charge is -2.25. The van der Waals surface area contributed by atoms with Crippen LogP contribution in [0.3, 0.4) is 0 Å². The molecule has 5 nitrogen and oxygen atoms in total. The number of hydrogen-bond acceptors (Lipinski definition) is 3. The molecule has 1 aromatic carbocycles. The van der Waals surface area contributed by atoms with Crippen molar-refractivity contribution in [3.63, 3.8) is 0 Å². The van der Waals surface area contributed by atoms with Gasteiger partial charge in [0.2, 0.25) is 0 Å². The first-order valence-electron chi connectivity index (χ1n) is 6.91. The van der Waals surface area contributed by atoms with Gasteiger partial charge in [0, 0.05) is 19.2 Å². The van der Waals surface area contributed by atoms with Gasteiger partial charge >= 0.3 is 6.03 Å². The van der Waals surface area contributed by atoms with Crippen molar-refractivity contribution in [2.24, 2.45) is 0 Å². The van der Waals surface area contributed by atoms with Gasteiger partial charge in [-0.1, -0.05) is 30.3 Å². The molecular weight excluding hydrogens is 254 g/mol. The first kappa shape index (κ1) is 16.5. The second-order valence-electron chi connectivity index (χ2n) is 5.16. The van der Waals surface area contributed by atoms with Crippen LogP contribution in [0.15, 0.2) is 30.3 Å². The van der Waals surface area contributed by atoms with Crippen LogP contribution in [-0.2, 0) is 0 Å². The molecule has 0 spiro atoms. The van der Waals surface area contributed by atoms with Crippen LogP contribution < -0.4 is 10.6 Å². The van der Waals surface area contributed by atoms with Crippen molar-refractivity contribution in [2.75, 3.05) is 27.2 Å². The van der Waals surface area contributed by atoms with E-state index in [0.29, 0.717) is 13.0 Å². The van der Waals surface area contributed by atoms with E-state index >= 15 is 0 Å². The maximum absolute atomic E-state index is 11.8. The van der Waals surface area contributed by atoms with Crippen molar-refractivity contribution in [3.05, 3.63) is 35.9 Å². The molecule has 2 atom stereocenters. The highest BCUT2D eigenvalue weighted by molar-refractivity contribution is 5.74. The summed E-state index contributed by atoms with van der Waals surface area (Å²) in [6, 6.07) is 9.98. The maximum atomic E-state index is 11.8. The third kappa shape index (κ3) is 5.59. The van der Waals surface area contributed by atoms with E-state index in [9.17, 15) is 4.79 Å². The van der Waals surface area contributed by atoms with E-state index in [0.717, 1.165) is 0 Å². The largest absolute Gasteiger partial charge is 0.396 e. The molecule has 0 aliphatic rings. The molecule has 0 aliphatic carbocycles. The molecule has 20 heavy (non-hydrogen) atoms. The quantitative estimate of drug-likeness (QED) is 0.706. The van der Waals surface area contributed by atoms with E-state index < -0.39 is 0 Å². The molecule has 0 saturated heterocycles. The molecule has 0 fully saturated rings. The van der Waals surface area contributed by atoms with Crippen molar-refractivity contribution < 1.29 is 9.90 Å². The van der Waals surface area contributed by atoms with Gasteiger partial charge in [-0.3, -0.25) is 0 Å². The van der Waals surface area contributed by atoms with Crippen LogP contribution in [0.25, 0.3) is 0 Å². The summed E-state index contributed by atoms with van der Waals surface area (Å²) in [5.74, 6) is 0. The molecule has 1 aromatic rings. The Kier molecular flexibility index (Phi) is 7.04. The number of benzene rings is 1. The minimum atomic E-state index is -0.200. The van der Waals surface area contributed by atoms with E-state index in [2.05, 4.69) is 27.7 Å². The van der Waals surface area contributed by atoms with E-state index in [1.165, 1.54) is 5.56 Å². The fourth-order valence-corrected chi connectivity index (χ4v) is 2.00. The fourth-order valence-electron chi connectivity index (χ4n) is 2.00. The number of nitrogens with zero attached hydrogens (tertiary/aromatic N) is 1. The predicted octanol–water partition coefficient (Wildman–Crippen LogP) is 1.36. The van der Waals surface area contributed by atoms with Gasteiger partial charge in [-0.2, -0.15) is 0 Å². The normalized spacial score (nSPS) is 13.8. The van der Waals surface area contributed by atoms with Crippen LogP contribution in [0.4, 0.5) is 4.79 Å². The van der Waals surface area contributed by atoms with Gasteiger partial charge in [0.1, 0.15) is 0 Å². The number of hydrogen-bond donors (Lipinski definition) is 3. The Balaban J connectivity index is 2.50. The summed E-state index contributed by atoms with van der Waals surface area (Å²) in [7, 11) is 3.98. The van der Waals surface area contributed by atoms with E-state index in [4.69, 9.17) is 5.11 Å². The number of urea groups is 1. The Hall–Kier alpha value is -1.59. The zero-order valence-electron chi connectivity index (χ0n) is 12.5. The number of nitrogens with one attached hydrogen (secondary N) is 2. The Bertz CT molecular complexity index is 395. The number of aliphatic hydroxyl groups excluding tert-OH is 1. The Labute approximate surface area is 121 Å². The molecule has 0 aromatic heterocycles. The number of likely N-dealkylation sites (N-methyl/N-ethyl adjacent to an activating group) is 1. The molecular formula is C15H25N3O2. The van der Waals surface area contributed by atoms with Crippen LogP contribution in [0.5, 0.6) is 0 Å². The van der Waals surface area contributed by atoms with Gasteiger partial charge in [-0.15, -0.1) is 0 Å².